The van der Waals surface area contributed by atoms with Crippen LogP contribution < -0.4 is 10.6 Å². The van der Waals surface area contributed by atoms with E-state index in [0.717, 1.165) is 18.4 Å². The van der Waals surface area contributed by atoms with E-state index in [-0.39, 0.29) is 17.8 Å². The SMILES string of the molecule is COC(=O)[C@H](C)c1cccc(NC(=O)[C@@H]2CCCCC(=O)N2)c1. The number of ether oxygens (including phenoxy) is 1. The summed E-state index contributed by atoms with van der Waals surface area (Å²) in [6.45, 7) is 1.75. The standard InChI is InChI=1S/C17H22N2O4/c1-11(17(22)23-2)12-6-5-7-13(10-12)18-16(21)14-8-3-4-9-15(20)19-14/h5-7,10-11,14H,3-4,8-9H2,1-2H3,(H,18,21)(H,19,20)/t11-,14+/m1/s1. The van der Waals surface area contributed by atoms with E-state index in [4.69, 9.17) is 4.74 Å². The second-order valence-electron chi connectivity index (χ2n) is 5.73. The normalized spacial score (nSPS) is 19.2. The van der Waals surface area contributed by atoms with Gasteiger partial charge in [0.1, 0.15) is 6.04 Å². The van der Waals surface area contributed by atoms with Crippen LogP contribution in [0.1, 0.15) is 44.1 Å². The van der Waals surface area contributed by atoms with Gasteiger partial charge in [-0.3, -0.25) is 14.4 Å². The minimum atomic E-state index is -0.508. The maximum atomic E-state index is 12.3. The van der Waals surface area contributed by atoms with Gasteiger partial charge in [0.05, 0.1) is 13.0 Å². The molecule has 23 heavy (non-hydrogen) atoms. The summed E-state index contributed by atoms with van der Waals surface area (Å²) in [6.07, 6.45) is 2.75. The molecule has 1 aliphatic heterocycles. The van der Waals surface area contributed by atoms with E-state index in [1.165, 1.54) is 7.11 Å². The summed E-state index contributed by atoms with van der Waals surface area (Å²) in [7, 11) is 1.35. The topological polar surface area (TPSA) is 84.5 Å². The highest BCUT2D eigenvalue weighted by Crippen LogP contribution is 2.21. The van der Waals surface area contributed by atoms with Crippen molar-refractivity contribution < 1.29 is 19.1 Å². The number of rotatable bonds is 4. The molecule has 1 saturated heterocycles. The lowest BCUT2D eigenvalue weighted by atomic mass is 10.0. The van der Waals surface area contributed by atoms with Crippen LogP contribution >= 0.6 is 0 Å². The number of benzene rings is 1. The molecule has 124 valence electrons. The monoisotopic (exact) mass is 318 g/mol. The van der Waals surface area contributed by atoms with Crippen molar-refractivity contribution in [1.82, 2.24) is 5.32 Å². The first-order valence-corrected chi connectivity index (χ1v) is 7.79. The van der Waals surface area contributed by atoms with Crippen LogP contribution in [-0.4, -0.2) is 30.9 Å². The number of carbonyl (C=O) groups excluding carboxylic acids is 3. The third kappa shape index (κ3) is 4.55. The molecule has 0 aliphatic carbocycles. The summed E-state index contributed by atoms with van der Waals surface area (Å²) in [5, 5.41) is 5.54. The smallest absolute Gasteiger partial charge is 0.312 e. The molecule has 6 heteroatoms. The molecular weight excluding hydrogens is 296 g/mol. The Bertz CT molecular complexity index is 600. The lowest BCUT2D eigenvalue weighted by molar-refractivity contribution is -0.142. The molecule has 6 nitrogen and oxygen atoms in total. The molecule has 2 rings (SSSR count). The van der Waals surface area contributed by atoms with E-state index in [2.05, 4.69) is 10.6 Å². The number of nitrogens with one attached hydrogen (secondary N) is 2. The van der Waals surface area contributed by atoms with E-state index in [1.54, 1.807) is 25.1 Å². The van der Waals surface area contributed by atoms with Crippen molar-refractivity contribution in [3.05, 3.63) is 29.8 Å². The first-order chi connectivity index (χ1) is 11.0. The zero-order valence-electron chi connectivity index (χ0n) is 13.4. The summed E-state index contributed by atoms with van der Waals surface area (Å²) >= 11 is 0. The Hall–Kier alpha value is -2.37. The lowest BCUT2D eigenvalue weighted by Gasteiger charge is -2.16. The molecule has 0 unspecified atom stereocenters. The molecule has 1 fully saturated rings. The Morgan fingerprint density at radius 3 is 2.87 bits per heavy atom. The summed E-state index contributed by atoms with van der Waals surface area (Å²) in [4.78, 5) is 35.5. The van der Waals surface area contributed by atoms with E-state index >= 15 is 0 Å². The summed E-state index contributed by atoms with van der Waals surface area (Å²) in [5.41, 5.74) is 1.36. The minimum absolute atomic E-state index is 0.0873. The van der Waals surface area contributed by atoms with Gasteiger partial charge < -0.3 is 15.4 Å². The first kappa shape index (κ1) is 17.0. The molecule has 1 aliphatic rings. The molecule has 1 aromatic carbocycles. The van der Waals surface area contributed by atoms with Crippen molar-refractivity contribution in [2.75, 3.05) is 12.4 Å². The predicted octanol–water partition coefficient (Wildman–Crippen LogP) is 1.96. The van der Waals surface area contributed by atoms with Gasteiger partial charge >= 0.3 is 5.97 Å². The van der Waals surface area contributed by atoms with Gasteiger partial charge in [0, 0.05) is 12.1 Å². The van der Waals surface area contributed by atoms with Crippen molar-refractivity contribution in [2.24, 2.45) is 0 Å². The van der Waals surface area contributed by atoms with Gasteiger partial charge in [-0.1, -0.05) is 18.6 Å². The number of hydrogen-bond donors (Lipinski definition) is 2. The molecule has 2 atom stereocenters. The first-order valence-electron chi connectivity index (χ1n) is 7.79. The zero-order valence-corrected chi connectivity index (χ0v) is 13.4. The Morgan fingerprint density at radius 1 is 1.35 bits per heavy atom. The molecule has 0 radical (unpaired) electrons. The molecule has 0 spiro atoms. The lowest BCUT2D eigenvalue weighted by Crippen LogP contribution is -2.42. The van der Waals surface area contributed by atoms with Crippen LogP contribution in [0.25, 0.3) is 0 Å². The maximum Gasteiger partial charge on any atom is 0.312 e. The average molecular weight is 318 g/mol. The molecule has 2 amide bonds. The van der Waals surface area contributed by atoms with E-state index in [1.807, 2.05) is 6.07 Å². The second kappa shape index (κ2) is 7.76. The average Bonchev–Trinajstić information content (AvgIpc) is 2.78. The van der Waals surface area contributed by atoms with Gasteiger partial charge in [-0.2, -0.15) is 0 Å². The van der Waals surface area contributed by atoms with Gasteiger partial charge in [0.25, 0.3) is 0 Å². The summed E-state index contributed by atoms with van der Waals surface area (Å²) in [6, 6.07) is 6.58. The predicted molar refractivity (Wildman–Crippen MR) is 85.9 cm³/mol. The van der Waals surface area contributed by atoms with Crippen LogP contribution in [0.2, 0.25) is 0 Å². The fraction of sp³-hybridized carbons (Fsp3) is 0.471. The zero-order chi connectivity index (χ0) is 16.8. The van der Waals surface area contributed by atoms with E-state index < -0.39 is 12.0 Å². The number of carbonyl (C=O) groups is 3. The second-order valence-corrected chi connectivity index (χ2v) is 5.73. The number of anilines is 1. The fourth-order valence-electron chi connectivity index (χ4n) is 2.60. The van der Waals surface area contributed by atoms with E-state index in [0.29, 0.717) is 18.5 Å². The van der Waals surface area contributed by atoms with Crippen molar-refractivity contribution >= 4 is 23.5 Å². The fourth-order valence-corrected chi connectivity index (χ4v) is 2.60. The summed E-state index contributed by atoms with van der Waals surface area (Å²) in [5.74, 6) is -1.06. The van der Waals surface area contributed by atoms with Crippen LogP contribution in [0.3, 0.4) is 0 Å². The van der Waals surface area contributed by atoms with Crippen molar-refractivity contribution in [2.45, 2.75) is 44.6 Å². The highest BCUT2D eigenvalue weighted by molar-refractivity contribution is 5.97. The molecule has 2 N–H and O–H groups in total. The summed E-state index contributed by atoms with van der Waals surface area (Å²) < 4.78 is 4.73. The molecule has 1 aromatic rings. The van der Waals surface area contributed by atoms with Crippen LogP contribution in [0.4, 0.5) is 5.69 Å². The number of hydrogen-bond acceptors (Lipinski definition) is 4. The molecular formula is C17H22N2O4. The minimum Gasteiger partial charge on any atom is -0.469 e. The Kier molecular flexibility index (Phi) is 5.73. The molecule has 0 bridgehead atoms. The number of methoxy groups -OCH3 is 1. The van der Waals surface area contributed by atoms with Crippen molar-refractivity contribution in [3.8, 4) is 0 Å². The van der Waals surface area contributed by atoms with Gasteiger partial charge in [0.2, 0.25) is 11.8 Å². The van der Waals surface area contributed by atoms with Crippen molar-refractivity contribution in [3.63, 3.8) is 0 Å². The highest BCUT2D eigenvalue weighted by Gasteiger charge is 2.23. The Morgan fingerprint density at radius 2 is 2.13 bits per heavy atom. The largest absolute Gasteiger partial charge is 0.469 e. The van der Waals surface area contributed by atoms with Crippen molar-refractivity contribution in [1.29, 1.82) is 0 Å². The molecule has 0 saturated carbocycles. The van der Waals surface area contributed by atoms with Gasteiger partial charge in [-0.15, -0.1) is 0 Å². The van der Waals surface area contributed by atoms with E-state index in [9.17, 15) is 14.4 Å². The van der Waals surface area contributed by atoms with Crippen LogP contribution in [-0.2, 0) is 19.1 Å². The van der Waals surface area contributed by atoms with Crippen LogP contribution in [0, 0.1) is 0 Å². The molecule has 0 aromatic heterocycles. The van der Waals surface area contributed by atoms with Gasteiger partial charge in [0.15, 0.2) is 0 Å². The van der Waals surface area contributed by atoms with Gasteiger partial charge in [-0.25, -0.2) is 0 Å². The highest BCUT2D eigenvalue weighted by atomic mass is 16.5. The quantitative estimate of drug-likeness (QED) is 0.831. The number of amides is 2. The third-order valence-electron chi connectivity index (χ3n) is 4.01. The van der Waals surface area contributed by atoms with Gasteiger partial charge in [-0.05, 0) is 37.5 Å². The van der Waals surface area contributed by atoms with Crippen LogP contribution in [0.5, 0.6) is 0 Å². The Balaban J connectivity index is 2.06. The third-order valence-corrected chi connectivity index (χ3v) is 4.01. The molecule has 1 heterocycles. The number of esters is 1. The Labute approximate surface area is 135 Å². The maximum absolute atomic E-state index is 12.3. The van der Waals surface area contributed by atoms with Crippen LogP contribution in [0.15, 0.2) is 24.3 Å².